The van der Waals surface area contributed by atoms with Crippen LogP contribution in [0.5, 0.6) is 11.5 Å². The van der Waals surface area contributed by atoms with Crippen LogP contribution in [0.2, 0.25) is 0 Å². The number of halogens is 3. The van der Waals surface area contributed by atoms with Crippen LogP contribution in [-0.2, 0) is 6.54 Å². The summed E-state index contributed by atoms with van der Waals surface area (Å²) in [4.78, 5) is 6.55. The Morgan fingerprint density at radius 3 is 2.76 bits per heavy atom. The highest BCUT2D eigenvalue weighted by molar-refractivity contribution is 14.0. The van der Waals surface area contributed by atoms with Crippen LogP contribution >= 0.6 is 24.0 Å². The first-order valence-corrected chi connectivity index (χ1v) is 8.10. The topological polar surface area (TPSA) is 46.1 Å². The molecule has 0 saturated carbocycles. The van der Waals surface area contributed by atoms with Crippen LogP contribution in [0.1, 0.15) is 25.3 Å². The molecule has 1 aliphatic rings. The summed E-state index contributed by atoms with van der Waals surface area (Å²) >= 11 is 0. The zero-order chi connectivity index (χ0) is 17.5. The highest BCUT2D eigenvalue weighted by Gasteiger charge is 2.19. The maximum absolute atomic E-state index is 12.5. The van der Waals surface area contributed by atoms with E-state index < -0.39 is 6.61 Å². The second kappa shape index (κ2) is 10.6. The van der Waals surface area contributed by atoms with E-state index in [4.69, 9.17) is 4.74 Å². The molecule has 1 heterocycles. The molecule has 0 aliphatic carbocycles. The Morgan fingerprint density at radius 1 is 1.40 bits per heavy atom. The fourth-order valence-corrected chi connectivity index (χ4v) is 2.91. The quantitative estimate of drug-likeness (QED) is 0.406. The second-order valence-corrected chi connectivity index (χ2v) is 5.96. The molecule has 25 heavy (non-hydrogen) atoms. The number of ether oxygens (including phenoxy) is 2. The van der Waals surface area contributed by atoms with Gasteiger partial charge in [-0.2, -0.15) is 8.78 Å². The Kier molecular flexibility index (Phi) is 9.23. The summed E-state index contributed by atoms with van der Waals surface area (Å²) in [6, 6.07) is 5.00. The molecular formula is C17H26F2IN3O2. The van der Waals surface area contributed by atoms with E-state index in [0.29, 0.717) is 12.5 Å². The number of piperidine rings is 1. The Morgan fingerprint density at radius 2 is 2.16 bits per heavy atom. The minimum Gasteiger partial charge on any atom is -0.493 e. The number of alkyl halides is 2. The van der Waals surface area contributed by atoms with Crippen LogP contribution in [0.4, 0.5) is 8.78 Å². The van der Waals surface area contributed by atoms with Crippen molar-refractivity contribution in [2.24, 2.45) is 10.9 Å². The smallest absolute Gasteiger partial charge is 0.387 e. The van der Waals surface area contributed by atoms with Crippen LogP contribution < -0.4 is 14.8 Å². The van der Waals surface area contributed by atoms with Crippen LogP contribution in [0, 0.1) is 5.92 Å². The Labute approximate surface area is 164 Å². The van der Waals surface area contributed by atoms with Crippen LogP contribution in [0.3, 0.4) is 0 Å². The van der Waals surface area contributed by atoms with E-state index in [1.165, 1.54) is 13.5 Å². The molecule has 2 rings (SSSR count). The lowest BCUT2D eigenvalue weighted by Crippen LogP contribution is -2.45. The fourth-order valence-electron chi connectivity index (χ4n) is 2.91. The molecule has 1 unspecified atom stereocenters. The number of hydrogen-bond donors (Lipinski definition) is 1. The predicted octanol–water partition coefficient (Wildman–Crippen LogP) is 3.72. The summed E-state index contributed by atoms with van der Waals surface area (Å²) in [6.45, 7) is 1.77. The van der Waals surface area contributed by atoms with E-state index in [-0.39, 0.29) is 35.5 Å². The van der Waals surface area contributed by atoms with Gasteiger partial charge in [0.1, 0.15) is 0 Å². The second-order valence-electron chi connectivity index (χ2n) is 5.96. The molecule has 0 amide bonds. The van der Waals surface area contributed by atoms with Gasteiger partial charge in [-0.15, -0.1) is 24.0 Å². The molecule has 142 valence electrons. The van der Waals surface area contributed by atoms with E-state index in [1.807, 2.05) is 6.07 Å². The predicted molar refractivity (Wildman–Crippen MR) is 105 cm³/mol. The van der Waals surface area contributed by atoms with Crippen LogP contribution in [0.15, 0.2) is 23.2 Å². The number of nitrogens with zero attached hydrogens (tertiary/aromatic N) is 2. The molecule has 1 aliphatic heterocycles. The number of nitrogens with one attached hydrogen (secondary N) is 1. The van der Waals surface area contributed by atoms with E-state index in [9.17, 15) is 8.78 Å². The van der Waals surface area contributed by atoms with Gasteiger partial charge in [0.15, 0.2) is 17.5 Å². The monoisotopic (exact) mass is 469 g/mol. The lowest BCUT2D eigenvalue weighted by molar-refractivity contribution is -0.0512. The normalized spacial score (nSPS) is 17.9. The third-order valence-electron chi connectivity index (χ3n) is 4.06. The number of rotatable bonds is 5. The molecule has 0 radical (unpaired) electrons. The molecule has 1 fully saturated rings. The highest BCUT2D eigenvalue weighted by Crippen LogP contribution is 2.29. The fraction of sp³-hybridized carbons (Fsp3) is 0.588. The molecule has 5 nitrogen and oxygen atoms in total. The van der Waals surface area contributed by atoms with Gasteiger partial charge in [-0.05, 0) is 36.5 Å². The van der Waals surface area contributed by atoms with Crippen LogP contribution in [0.25, 0.3) is 0 Å². The average Bonchev–Trinajstić information content (AvgIpc) is 2.55. The van der Waals surface area contributed by atoms with E-state index >= 15 is 0 Å². The van der Waals surface area contributed by atoms with Crippen molar-refractivity contribution < 1.29 is 18.3 Å². The highest BCUT2D eigenvalue weighted by atomic mass is 127. The maximum Gasteiger partial charge on any atom is 0.387 e. The zero-order valence-corrected chi connectivity index (χ0v) is 17.1. The number of methoxy groups -OCH3 is 1. The molecule has 0 aromatic heterocycles. The summed E-state index contributed by atoms with van der Waals surface area (Å²) < 4.78 is 34.6. The Bertz CT molecular complexity index is 573. The minimum atomic E-state index is -2.88. The van der Waals surface area contributed by atoms with Crippen molar-refractivity contribution >= 4 is 29.9 Å². The zero-order valence-electron chi connectivity index (χ0n) is 14.8. The Hall–Kier alpha value is -1.32. The van der Waals surface area contributed by atoms with Crippen LogP contribution in [-0.4, -0.2) is 44.7 Å². The largest absolute Gasteiger partial charge is 0.493 e. The van der Waals surface area contributed by atoms with Crippen molar-refractivity contribution in [3.8, 4) is 11.5 Å². The van der Waals surface area contributed by atoms with Gasteiger partial charge >= 0.3 is 6.61 Å². The molecular weight excluding hydrogens is 443 g/mol. The third-order valence-corrected chi connectivity index (χ3v) is 4.06. The summed E-state index contributed by atoms with van der Waals surface area (Å²) in [7, 11) is 3.17. The number of aliphatic imine (C=N–C) groups is 1. The van der Waals surface area contributed by atoms with Gasteiger partial charge in [0.25, 0.3) is 0 Å². The van der Waals surface area contributed by atoms with Gasteiger partial charge in [0.2, 0.25) is 0 Å². The molecule has 1 aromatic carbocycles. The number of guanidine groups is 1. The van der Waals surface area contributed by atoms with Crippen molar-refractivity contribution in [1.29, 1.82) is 0 Å². The lowest BCUT2D eigenvalue weighted by Gasteiger charge is -2.33. The van der Waals surface area contributed by atoms with Gasteiger partial charge in [0, 0.05) is 26.7 Å². The van der Waals surface area contributed by atoms with Crippen molar-refractivity contribution in [2.45, 2.75) is 32.9 Å². The van der Waals surface area contributed by atoms with Crippen molar-refractivity contribution in [3.63, 3.8) is 0 Å². The van der Waals surface area contributed by atoms with E-state index in [0.717, 1.165) is 31.0 Å². The number of benzene rings is 1. The first-order valence-electron chi connectivity index (χ1n) is 8.10. The number of likely N-dealkylation sites (tertiary alicyclic amines) is 1. The van der Waals surface area contributed by atoms with Gasteiger partial charge in [-0.25, -0.2) is 0 Å². The molecule has 1 atom stereocenters. The Balaban J connectivity index is 0.00000312. The summed E-state index contributed by atoms with van der Waals surface area (Å²) in [5.74, 6) is 1.79. The number of hydrogen-bond acceptors (Lipinski definition) is 3. The minimum absolute atomic E-state index is 0. The third kappa shape index (κ3) is 6.48. The van der Waals surface area contributed by atoms with E-state index in [1.54, 1.807) is 19.2 Å². The molecule has 1 N–H and O–H groups in total. The first kappa shape index (κ1) is 21.7. The molecule has 0 spiro atoms. The van der Waals surface area contributed by atoms with E-state index in [2.05, 4.69) is 26.9 Å². The van der Waals surface area contributed by atoms with Crippen molar-refractivity contribution in [3.05, 3.63) is 23.8 Å². The molecule has 8 heteroatoms. The van der Waals surface area contributed by atoms with Gasteiger partial charge in [-0.1, -0.05) is 13.0 Å². The van der Waals surface area contributed by atoms with Gasteiger partial charge in [-0.3, -0.25) is 4.99 Å². The average molecular weight is 469 g/mol. The summed E-state index contributed by atoms with van der Waals surface area (Å²) in [5.41, 5.74) is 0.817. The maximum atomic E-state index is 12.5. The molecule has 1 aromatic rings. The van der Waals surface area contributed by atoms with Crippen molar-refractivity contribution in [2.75, 3.05) is 27.2 Å². The van der Waals surface area contributed by atoms with Gasteiger partial charge < -0.3 is 19.7 Å². The molecule has 0 bridgehead atoms. The van der Waals surface area contributed by atoms with Crippen molar-refractivity contribution in [1.82, 2.24) is 10.2 Å². The molecule has 1 saturated heterocycles. The van der Waals surface area contributed by atoms with Gasteiger partial charge in [0.05, 0.1) is 7.11 Å². The first-order chi connectivity index (χ1) is 11.5. The lowest BCUT2D eigenvalue weighted by atomic mass is 10.0. The SMILES string of the molecule is CN=C(NCc1ccc(OC)c(OC(F)F)c1)N1CCCC(C)C1.I. The summed E-state index contributed by atoms with van der Waals surface area (Å²) in [5, 5.41) is 3.29. The summed E-state index contributed by atoms with van der Waals surface area (Å²) in [6.07, 6.45) is 2.39. The standard InChI is InChI=1S/C17H25F2N3O2.HI/c1-12-5-4-8-22(11-12)17(20-2)21-10-13-6-7-14(23-3)15(9-13)24-16(18)19;/h6-7,9,12,16H,4-5,8,10-11H2,1-3H3,(H,20,21);1H.